The third-order valence-corrected chi connectivity index (χ3v) is 6.42. The number of aliphatic hydroxyl groups excluding tert-OH is 1. The molecule has 2 fully saturated rings. The molecular weight excluding hydrogens is 335 g/mol. The minimum absolute atomic E-state index is 0.0398. The van der Waals surface area contributed by atoms with Gasteiger partial charge in [0.1, 0.15) is 5.82 Å². The van der Waals surface area contributed by atoms with E-state index in [1.165, 1.54) is 22.5 Å². The van der Waals surface area contributed by atoms with Crippen molar-refractivity contribution in [3.05, 3.63) is 35.6 Å². The fraction of sp³-hybridized carbons (Fsp3) is 0.562. The van der Waals surface area contributed by atoms with Crippen LogP contribution >= 0.6 is 0 Å². The van der Waals surface area contributed by atoms with Gasteiger partial charge in [-0.1, -0.05) is 6.07 Å². The van der Waals surface area contributed by atoms with Gasteiger partial charge in [-0.3, -0.25) is 4.79 Å². The number of rotatable bonds is 3. The van der Waals surface area contributed by atoms with Crippen LogP contribution in [0.1, 0.15) is 16.8 Å². The Bertz CT molecular complexity index is 754. The summed E-state index contributed by atoms with van der Waals surface area (Å²) < 4.78 is 38.4. The van der Waals surface area contributed by atoms with E-state index in [1.54, 1.807) is 11.0 Å². The first-order valence-corrected chi connectivity index (χ1v) is 9.71. The van der Waals surface area contributed by atoms with Gasteiger partial charge in [0, 0.05) is 37.2 Å². The minimum atomic E-state index is -3.34. The molecule has 2 atom stereocenters. The van der Waals surface area contributed by atoms with Gasteiger partial charge >= 0.3 is 0 Å². The summed E-state index contributed by atoms with van der Waals surface area (Å²) in [6.07, 6.45) is 1.75. The molecule has 2 saturated heterocycles. The van der Waals surface area contributed by atoms with Gasteiger partial charge in [-0.25, -0.2) is 17.1 Å². The Labute approximate surface area is 140 Å². The molecule has 132 valence electrons. The number of aliphatic hydroxyl groups is 1. The molecule has 24 heavy (non-hydrogen) atoms. The van der Waals surface area contributed by atoms with Gasteiger partial charge < -0.3 is 10.0 Å². The summed E-state index contributed by atoms with van der Waals surface area (Å²) in [5, 5.41) is 9.93. The number of halogens is 1. The zero-order valence-electron chi connectivity index (χ0n) is 13.5. The molecular formula is C16H21FN2O4S. The van der Waals surface area contributed by atoms with Crippen molar-refractivity contribution in [1.82, 2.24) is 9.21 Å². The number of likely N-dealkylation sites (tertiary alicyclic amines) is 1. The number of benzene rings is 1. The summed E-state index contributed by atoms with van der Waals surface area (Å²) in [4.78, 5) is 14.2. The van der Waals surface area contributed by atoms with E-state index in [-0.39, 0.29) is 37.1 Å². The van der Waals surface area contributed by atoms with E-state index >= 15 is 0 Å². The van der Waals surface area contributed by atoms with Crippen molar-refractivity contribution < 1.29 is 22.7 Å². The van der Waals surface area contributed by atoms with Crippen LogP contribution in [0.2, 0.25) is 0 Å². The van der Waals surface area contributed by atoms with Crippen LogP contribution < -0.4 is 0 Å². The quantitative estimate of drug-likeness (QED) is 0.858. The molecule has 1 aromatic carbocycles. The maximum Gasteiger partial charge on any atom is 0.253 e. The highest BCUT2D eigenvalue weighted by atomic mass is 32.2. The van der Waals surface area contributed by atoms with E-state index < -0.39 is 21.3 Å². The molecule has 0 spiro atoms. The lowest BCUT2D eigenvalue weighted by molar-refractivity contribution is 0.0406. The number of carbonyl (C=O) groups excluding carboxylic acids is 1. The molecule has 0 bridgehead atoms. The Morgan fingerprint density at radius 1 is 1.42 bits per heavy atom. The van der Waals surface area contributed by atoms with Crippen LogP contribution in [0.4, 0.5) is 4.39 Å². The molecule has 1 amide bonds. The number of hydrogen-bond acceptors (Lipinski definition) is 4. The van der Waals surface area contributed by atoms with Crippen LogP contribution in [-0.2, 0) is 10.0 Å². The molecule has 0 unspecified atom stereocenters. The smallest absolute Gasteiger partial charge is 0.253 e. The predicted octanol–water partition coefficient (Wildman–Crippen LogP) is 0.542. The largest absolute Gasteiger partial charge is 0.396 e. The number of sulfonamides is 1. The third kappa shape index (κ3) is 3.05. The average molecular weight is 356 g/mol. The Morgan fingerprint density at radius 3 is 2.79 bits per heavy atom. The van der Waals surface area contributed by atoms with Crippen LogP contribution in [0.3, 0.4) is 0 Å². The molecule has 1 N–H and O–H groups in total. The molecule has 1 aromatic rings. The maximum atomic E-state index is 13.4. The lowest BCUT2D eigenvalue weighted by Crippen LogP contribution is -2.52. The van der Waals surface area contributed by atoms with Crippen molar-refractivity contribution >= 4 is 15.9 Å². The Morgan fingerprint density at radius 2 is 2.17 bits per heavy atom. The minimum Gasteiger partial charge on any atom is -0.396 e. The zero-order chi connectivity index (χ0) is 17.5. The van der Waals surface area contributed by atoms with Crippen molar-refractivity contribution in [3.63, 3.8) is 0 Å². The number of nitrogens with zero attached hydrogens (tertiary/aromatic N) is 2. The van der Waals surface area contributed by atoms with E-state index in [1.807, 2.05) is 0 Å². The lowest BCUT2D eigenvalue weighted by Gasteiger charge is -2.41. The fourth-order valence-corrected chi connectivity index (χ4v) is 4.74. The Kier molecular flexibility index (Phi) is 4.39. The summed E-state index contributed by atoms with van der Waals surface area (Å²) in [6.45, 7) is 1.15. The number of piperidine rings is 1. The van der Waals surface area contributed by atoms with E-state index in [2.05, 4.69) is 0 Å². The van der Waals surface area contributed by atoms with Gasteiger partial charge in [-0.2, -0.15) is 0 Å². The average Bonchev–Trinajstić information content (AvgIpc) is 2.92. The highest BCUT2D eigenvalue weighted by Gasteiger charge is 2.51. The number of amides is 1. The number of fused-ring (bicyclic) bond motifs is 1. The van der Waals surface area contributed by atoms with Crippen LogP contribution in [0.25, 0.3) is 0 Å². The van der Waals surface area contributed by atoms with E-state index in [9.17, 15) is 22.7 Å². The molecule has 3 rings (SSSR count). The van der Waals surface area contributed by atoms with E-state index in [0.717, 1.165) is 6.26 Å². The first-order chi connectivity index (χ1) is 11.2. The summed E-state index contributed by atoms with van der Waals surface area (Å²) in [6, 6.07) is 5.51. The molecule has 0 aliphatic carbocycles. The standard InChI is InChI=1S/C16H21FN2O4S/c1-24(22,23)19-6-5-13-8-18(9-16(13,10-19)11-20)15(21)12-3-2-4-14(17)7-12/h2-4,7,13,20H,5-6,8-11H2,1H3/t13-,16-/m0/s1. The Hall–Kier alpha value is -1.51. The molecule has 2 aliphatic rings. The molecule has 0 radical (unpaired) electrons. The number of hydrogen-bond donors (Lipinski definition) is 1. The van der Waals surface area contributed by atoms with E-state index in [4.69, 9.17) is 0 Å². The van der Waals surface area contributed by atoms with Crippen molar-refractivity contribution in [2.75, 3.05) is 39.0 Å². The van der Waals surface area contributed by atoms with Gasteiger partial charge in [0.25, 0.3) is 5.91 Å². The molecule has 8 heteroatoms. The summed E-state index contributed by atoms with van der Waals surface area (Å²) >= 11 is 0. The second kappa shape index (κ2) is 6.09. The van der Waals surface area contributed by atoms with Crippen LogP contribution in [-0.4, -0.2) is 67.7 Å². The highest BCUT2D eigenvalue weighted by molar-refractivity contribution is 7.88. The monoisotopic (exact) mass is 356 g/mol. The SMILES string of the molecule is CS(=O)(=O)N1CC[C@H]2CN(C(=O)c3cccc(F)c3)C[C@@]2(CO)C1. The lowest BCUT2D eigenvalue weighted by atomic mass is 9.75. The zero-order valence-corrected chi connectivity index (χ0v) is 14.3. The molecule has 2 heterocycles. The molecule has 6 nitrogen and oxygen atoms in total. The van der Waals surface area contributed by atoms with Gasteiger partial charge in [-0.05, 0) is 30.5 Å². The maximum absolute atomic E-state index is 13.4. The van der Waals surface area contributed by atoms with Crippen LogP contribution in [0.5, 0.6) is 0 Å². The normalized spacial score (nSPS) is 28.0. The van der Waals surface area contributed by atoms with Crippen LogP contribution in [0, 0.1) is 17.2 Å². The van der Waals surface area contributed by atoms with Crippen molar-refractivity contribution in [1.29, 1.82) is 0 Å². The van der Waals surface area contributed by atoms with Crippen LogP contribution in [0.15, 0.2) is 24.3 Å². The molecule has 0 aromatic heterocycles. The van der Waals surface area contributed by atoms with Gasteiger partial charge in [-0.15, -0.1) is 0 Å². The topological polar surface area (TPSA) is 77.9 Å². The van der Waals surface area contributed by atoms with Gasteiger partial charge in [0.15, 0.2) is 0 Å². The third-order valence-electron chi connectivity index (χ3n) is 5.17. The summed E-state index contributed by atoms with van der Waals surface area (Å²) in [7, 11) is -3.34. The van der Waals surface area contributed by atoms with Gasteiger partial charge in [0.2, 0.25) is 10.0 Å². The highest BCUT2D eigenvalue weighted by Crippen LogP contribution is 2.42. The van der Waals surface area contributed by atoms with Crippen molar-refractivity contribution in [2.45, 2.75) is 6.42 Å². The molecule has 2 aliphatic heterocycles. The van der Waals surface area contributed by atoms with Crippen molar-refractivity contribution in [3.8, 4) is 0 Å². The van der Waals surface area contributed by atoms with Crippen molar-refractivity contribution in [2.24, 2.45) is 11.3 Å². The fourth-order valence-electron chi connectivity index (χ4n) is 3.81. The predicted molar refractivity (Wildman–Crippen MR) is 86.3 cm³/mol. The Balaban J connectivity index is 1.82. The first-order valence-electron chi connectivity index (χ1n) is 7.86. The molecule has 0 saturated carbocycles. The second-order valence-electron chi connectivity index (χ2n) is 6.80. The number of carbonyl (C=O) groups is 1. The summed E-state index contributed by atoms with van der Waals surface area (Å²) in [5.74, 6) is -0.724. The second-order valence-corrected chi connectivity index (χ2v) is 8.78. The van der Waals surface area contributed by atoms with E-state index in [0.29, 0.717) is 19.5 Å². The first kappa shape index (κ1) is 17.3. The van der Waals surface area contributed by atoms with Gasteiger partial charge in [0.05, 0.1) is 12.9 Å². The summed E-state index contributed by atoms with van der Waals surface area (Å²) in [5.41, 5.74) is -0.383.